The molecule has 0 aliphatic carbocycles. The molecule has 23 heavy (non-hydrogen) atoms. The van der Waals surface area contributed by atoms with Gasteiger partial charge in [0.05, 0.1) is 18.8 Å². The first-order chi connectivity index (χ1) is 10.7. The van der Waals surface area contributed by atoms with Gasteiger partial charge in [0.25, 0.3) is 0 Å². The van der Waals surface area contributed by atoms with Gasteiger partial charge >= 0.3 is 0 Å². The van der Waals surface area contributed by atoms with Gasteiger partial charge in [0.1, 0.15) is 18.1 Å². The summed E-state index contributed by atoms with van der Waals surface area (Å²) in [6, 6.07) is 10.7. The molecular formula is C18H24O5. The lowest BCUT2D eigenvalue weighted by Crippen LogP contribution is -1.85. The van der Waals surface area contributed by atoms with Crippen LogP contribution >= 0.6 is 0 Å². The zero-order valence-electron chi connectivity index (χ0n) is 12.7. The van der Waals surface area contributed by atoms with Gasteiger partial charge in [-0.15, -0.1) is 0 Å². The number of rotatable bonds is 3. The molecule has 0 bridgehead atoms. The van der Waals surface area contributed by atoms with Gasteiger partial charge in [-0.3, -0.25) is 4.79 Å². The fourth-order valence-corrected chi connectivity index (χ4v) is 1.40. The molecule has 0 saturated carbocycles. The normalized spacial score (nSPS) is 8.83. The van der Waals surface area contributed by atoms with E-state index in [0.29, 0.717) is 11.5 Å². The maximum Gasteiger partial charge on any atom is 0.194 e. The van der Waals surface area contributed by atoms with E-state index in [4.69, 9.17) is 18.4 Å². The minimum absolute atomic E-state index is 0. The van der Waals surface area contributed by atoms with Gasteiger partial charge in [0.15, 0.2) is 11.5 Å². The third-order valence-corrected chi connectivity index (χ3v) is 2.53. The van der Waals surface area contributed by atoms with Crippen molar-refractivity contribution in [2.24, 2.45) is 0 Å². The Morgan fingerprint density at radius 3 is 1.70 bits per heavy atom. The third-order valence-electron chi connectivity index (χ3n) is 2.53. The minimum atomic E-state index is -0.0324. The van der Waals surface area contributed by atoms with Crippen LogP contribution in [0.3, 0.4) is 0 Å². The predicted molar refractivity (Wildman–Crippen MR) is 88.2 cm³/mol. The number of hydrogen-bond acceptors (Lipinski definition) is 5. The summed E-state index contributed by atoms with van der Waals surface area (Å²) in [5.74, 6) is 2.06. The number of furan rings is 3. The monoisotopic (exact) mass is 320 g/mol. The van der Waals surface area contributed by atoms with E-state index in [1.54, 1.807) is 30.5 Å². The molecule has 0 radical (unpaired) electrons. The summed E-state index contributed by atoms with van der Waals surface area (Å²) in [6.07, 6.45) is 5.70. The summed E-state index contributed by atoms with van der Waals surface area (Å²) in [5.41, 5.74) is 0. The van der Waals surface area contributed by atoms with Gasteiger partial charge in [-0.1, -0.05) is 14.4 Å². The van der Waals surface area contributed by atoms with Gasteiger partial charge in [0, 0.05) is 13.3 Å². The molecule has 0 atom stereocenters. The first-order valence-electron chi connectivity index (χ1n) is 6.87. The molecule has 0 unspecified atom stereocenters. The summed E-state index contributed by atoms with van der Waals surface area (Å²) >= 11 is 0. The average molecular weight is 320 g/mol. The fourth-order valence-electron chi connectivity index (χ4n) is 1.40. The highest BCUT2D eigenvalue weighted by Crippen LogP contribution is 1.99. The second kappa shape index (κ2) is 12.1. The highest BCUT2D eigenvalue weighted by molar-refractivity contribution is 5.91. The molecule has 5 heteroatoms. The molecule has 0 amide bonds. The Balaban J connectivity index is 0.000000310. The number of carbonyl (C=O) groups excluding carboxylic acids is 1. The second-order valence-corrected chi connectivity index (χ2v) is 4.20. The van der Waals surface area contributed by atoms with Crippen LogP contribution < -0.4 is 0 Å². The van der Waals surface area contributed by atoms with Crippen molar-refractivity contribution in [3.8, 4) is 0 Å². The van der Waals surface area contributed by atoms with Crippen LogP contribution in [-0.4, -0.2) is 10.9 Å². The van der Waals surface area contributed by atoms with Crippen LogP contribution in [-0.2, 0) is 13.0 Å². The van der Waals surface area contributed by atoms with Crippen molar-refractivity contribution in [1.82, 2.24) is 0 Å². The maximum atomic E-state index is 10.4. The quantitative estimate of drug-likeness (QED) is 0.706. The van der Waals surface area contributed by atoms with Crippen molar-refractivity contribution in [1.29, 1.82) is 0 Å². The van der Waals surface area contributed by atoms with Gasteiger partial charge in [-0.2, -0.15) is 0 Å². The molecule has 3 aromatic rings. The predicted octanol–water partition coefficient (Wildman–Crippen LogP) is 4.73. The zero-order chi connectivity index (χ0) is 16.2. The Hall–Kier alpha value is -2.53. The third kappa shape index (κ3) is 8.48. The summed E-state index contributed by atoms with van der Waals surface area (Å²) in [4.78, 5) is 10.4. The fraction of sp³-hybridized carbons (Fsp3) is 0.278. The SMILES string of the molecule is C.CC(=O)c1ccco1.CCc1ccco1.OCc1ccco1. The molecule has 3 aromatic heterocycles. The molecule has 1 N–H and O–H groups in total. The molecule has 0 aromatic carbocycles. The lowest BCUT2D eigenvalue weighted by molar-refractivity contribution is 0.0987. The van der Waals surface area contributed by atoms with Crippen LogP contribution in [0, 0.1) is 0 Å². The van der Waals surface area contributed by atoms with Crippen molar-refractivity contribution in [3.05, 3.63) is 72.5 Å². The molecule has 0 spiro atoms. The molecule has 3 rings (SSSR count). The molecule has 3 heterocycles. The summed E-state index contributed by atoms with van der Waals surface area (Å²) < 4.78 is 14.5. The first kappa shape index (κ1) is 20.5. The van der Waals surface area contributed by atoms with E-state index in [9.17, 15) is 4.79 Å². The summed E-state index contributed by atoms with van der Waals surface area (Å²) in [7, 11) is 0. The Bertz CT molecular complexity index is 558. The first-order valence-corrected chi connectivity index (χ1v) is 6.87. The number of ketones is 1. The van der Waals surface area contributed by atoms with Crippen LogP contribution in [0.5, 0.6) is 0 Å². The van der Waals surface area contributed by atoms with E-state index < -0.39 is 0 Å². The van der Waals surface area contributed by atoms with Crippen molar-refractivity contribution in [3.63, 3.8) is 0 Å². The minimum Gasteiger partial charge on any atom is -0.469 e. The van der Waals surface area contributed by atoms with Crippen LogP contribution in [0.1, 0.15) is 43.3 Å². The summed E-state index contributed by atoms with van der Waals surface area (Å²) in [5, 5.41) is 8.33. The highest BCUT2D eigenvalue weighted by Gasteiger charge is 1.97. The molecular weight excluding hydrogens is 296 g/mol. The number of aliphatic hydroxyl groups excluding tert-OH is 1. The van der Waals surface area contributed by atoms with E-state index in [-0.39, 0.29) is 19.8 Å². The van der Waals surface area contributed by atoms with Gasteiger partial charge in [-0.05, 0) is 36.4 Å². The second-order valence-electron chi connectivity index (χ2n) is 4.20. The van der Waals surface area contributed by atoms with Crippen LogP contribution in [0.4, 0.5) is 0 Å². The average Bonchev–Trinajstić information content (AvgIpc) is 3.31. The van der Waals surface area contributed by atoms with E-state index in [1.807, 2.05) is 12.1 Å². The van der Waals surface area contributed by atoms with E-state index in [2.05, 4.69) is 6.92 Å². The lowest BCUT2D eigenvalue weighted by Gasteiger charge is -1.80. The standard InChI is InChI=1S/C6H6O2.C6H8O.C5H6O2.CH4/c1-5(7)6-3-2-4-8-6;1-2-6-4-3-5-7-6;6-4-5-2-1-3-7-5;/h2-4H,1H3;3-5H,2H2,1H3;1-3,6H,4H2;1H4. The van der Waals surface area contributed by atoms with Gasteiger partial charge in [0.2, 0.25) is 0 Å². The van der Waals surface area contributed by atoms with Gasteiger partial charge in [-0.25, -0.2) is 0 Å². The largest absolute Gasteiger partial charge is 0.469 e. The van der Waals surface area contributed by atoms with Crippen molar-refractivity contribution >= 4 is 5.78 Å². The Labute approximate surface area is 136 Å². The number of hydrogen-bond donors (Lipinski definition) is 1. The van der Waals surface area contributed by atoms with Crippen LogP contribution in [0.15, 0.2) is 68.4 Å². The molecule has 5 nitrogen and oxygen atoms in total. The van der Waals surface area contributed by atoms with Crippen molar-refractivity contribution in [2.45, 2.75) is 34.3 Å². The van der Waals surface area contributed by atoms with Crippen LogP contribution in [0.25, 0.3) is 0 Å². The number of carbonyl (C=O) groups is 1. The highest BCUT2D eigenvalue weighted by atomic mass is 16.4. The molecule has 0 fully saturated rings. The number of aryl methyl sites for hydroxylation is 1. The van der Waals surface area contributed by atoms with Gasteiger partial charge < -0.3 is 18.4 Å². The number of aliphatic hydroxyl groups is 1. The van der Waals surface area contributed by atoms with Crippen LogP contribution in [0.2, 0.25) is 0 Å². The smallest absolute Gasteiger partial charge is 0.194 e. The van der Waals surface area contributed by atoms with E-state index >= 15 is 0 Å². The maximum absolute atomic E-state index is 10.4. The topological polar surface area (TPSA) is 76.7 Å². The Morgan fingerprint density at radius 2 is 1.48 bits per heavy atom. The molecule has 0 saturated heterocycles. The summed E-state index contributed by atoms with van der Waals surface area (Å²) in [6.45, 7) is 3.53. The van der Waals surface area contributed by atoms with Crippen molar-refractivity contribution < 1.29 is 23.2 Å². The Kier molecular flexibility index (Phi) is 10.7. The number of Topliss-reactive ketones (excluding diaryl/α,β-unsaturated/α-hetero) is 1. The lowest BCUT2D eigenvalue weighted by atomic mass is 10.3. The van der Waals surface area contributed by atoms with Crippen molar-refractivity contribution in [2.75, 3.05) is 0 Å². The Morgan fingerprint density at radius 1 is 0.957 bits per heavy atom. The molecule has 0 aliphatic heterocycles. The van der Waals surface area contributed by atoms with E-state index in [0.717, 1.165) is 12.2 Å². The molecule has 0 aliphatic rings. The zero-order valence-corrected chi connectivity index (χ0v) is 12.7. The van der Waals surface area contributed by atoms with E-state index in [1.165, 1.54) is 19.5 Å². The molecule has 126 valence electrons.